The first-order chi connectivity index (χ1) is 14.8. The van der Waals surface area contributed by atoms with Crippen LogP contribution in [-0.2, 0) is 24.3 Å². The van der Waals surface area contributed by atoms with E-state index in [0.29, 0.717) is 18.8 Å². The van der Waals surface area contributed by atoms with Gasteiger partial charge in [-0.05, 0) is 48.4 Å². The molecule has 2 aromatic rings. The van der Waals surface area contributed by atoms with Crippen molar-refractivity contribution in [3.63, 3.8) is 0 Å². The molecule has 2 N–H and O–H groups in total. The summed E-state index contributed by atoms with van der Waals surface area (Å²) in [6.45, 7) is 0.0957. The van der Waals surface area contributed by atoms with Gasteiger partial charge in [-0.2, -0.15) is 0 Å². The maximum absolute atomic E-state index is 12.5. The molecule has 162 valence electrons. The van der Waals surface area contributed by atoms with Gasteiger partial charge in [0.1, 0.15) is 5.84 Å². The highest BCUT2D eigenvalue weighted by molar-refractivity contribution is 9.10. The number of hydrogen-bond acceptors (Lipinski definition) is 6. The van der Waals surface area contributed by atoms with Crippen molar-refractivity contribution in [3.8, 4) is 0 Å². The summed E-state index contributed by atoms with van der Waals surface area (Å²) in [5.74, 6) is -0.836. The monoisotopic (exact) mass is 505 g/mol. The highest BCUT2D eigenvalue weighted by atomic mass is 79.9. The van der Waals surface area contributed by atoms with E-state index in [1.54, 1.807) is 12.1 Å². The van der Waals surface area contributed by atoms with E-state index >= 15 is 0 Å². The maximum atomic E-state index is 12.5. The van der Waals surface area contributed by atoms with Gasteiger partial charge in [-0.15, -0.1) is 0 Å². The normalized spacial score (nSPS) is 13.6. The molecule has 0 aliphatic carbocycles. The van der Waals surface area contributed by atoms with Gasteiger partial charge < -0.3 is 10.1 Å². The highest BCUT2D eigenvalue weighted by Crippen LogP contribution is 2.17. The van der Waals surface area contributed by atoms with Crippen LogP contribution < -0.4 is 10.0 Å². The number of nitrogens with one attached hydrogen (secondary N) is 2. The molecule has 31 heavy (non-hydrogen) atoms. The molecular weight excluding hydrogens is 486 g/mol. The lowest BCUT2D eigenvalue weighted by Gasteiger charge is -2.10. The number of aliphatic imine (C=N–C) groups is 1. The van der Waals surface area contributed by atoms with E-state index in [-0.39, 0.29) is 10.6 Å². The Labute approximate surface area is 188 Å². The SMILES string of the molecule is O=C(COC(=O)C=Cc1cccc(Br)c1)Nc1cccc(S(=O)(=O)NC2=NCCC2)c1. The lowest BCUT2D eigenvalue weighted by Crippen LogP contribution is -2.29. The van der Waals surface area contributed by atoms with Crippen molar-refractivity contribution < 1.29 is 22.7 Å². The second-order valence-electron chi connectivity index (χ2n) is 6.61. The first-order valence-electron chi connectivity index (χ1n) is 9.38. The summed E-state index contributed by atoms with van der Waals surface area (Å²) in [5, 5.41) is 2.52. The molecule has 1 heterocycles. The zero-order valence-electron chi connectivity index (χ0n) is 16.4. The molecule has 0 spiro atoms. The summed E-state index contributed by atoms with van der Waals surface area (Å²) >= 11 is 3.34. The van der Waals surface area contributed by atoms with Crippen LogP contribution in [0.4, 0.5) is 5.69 Å². The molecule has 0 fully saturated rings. The van der Waals surface area contributed by atoms with Crippen LogP contribution in [0.25, 0.3) is 6.08 Å². The van der Waals surface area contributed by atoms with Crippen molar-refractivity contribution in [1.82, 2.24) is 4.72 Å². The van der Waals surface area contributed by atoms with Crippen LogP contribution in [0.2, 0.25) is 0 Å². The number of carbonyl (C=O) groups is 2. The lowest BCUT2D eigenvalue weighted by molar-refractivity contribution is -0.142. The molecule has 1 aliphatic rings. The minimum absolute atomic E-state index is 0.00569. The fourth-order valence-corrected chi connectivity index (χ4v) is 4.29. The van der Waals surface area contributed by atoms with Crippen molar-refractivity contribution in [3.05, 3.63) is 64.6 Å². The Hall–Kier alpha value is -2.98. The quantitative estimate of drug-likeness (QED) is 0.443. The Kier molecular flexibility index (Phi) is 7.59. The van der Waals surface area contributed by atoms with Crippen LogP contribution in [0.5, 0.6) is 0 Å². The second-order valence-corrected chi connectivity index (χ2v) is 9.21. The van der Waals surface area contributed by atoms with Gasteiger partial charge in [0, 0.05) is 29.2 Å². The van der Waals surface area contributed by atoms with Crippen LogP contribution in [0, 0.1) is 0 Å². The summed E-state index contributed by atoms with van der Waals surface area (Å²) < 4.78 is 33.2. The molecule has 1 amide bonds. The Morgan fingerprint density at radius 1 is 1.16 bits per heavy atom. The largest absolute Gasteiger partial charge is 0.452 e. The number of sulfonamides is 1. The predicted molar refractivity (Wildman–Crippen MR) is 121 cm³/mol. The molecule has 2 aromatic carbocycles. The zero-order valence-corrected chi connectivity index (χ0v) is 18.8. The van der Waals surface area contributed by atoms with Gasteiger partial charge in [-0.25, -0.2) is 13.2 Å². The smallest absolute Gasteiger partial charge is 0.331 e. The summed E-state index contributed by atoms with van der Waals surface area (Å²) in [6.07, 6.45) is 4.18. The minimum atomic E-state index is -3.79. The number of hydrogen-bond donors (Lipinski definition) is 2. The van der Waals surface area contributed by atoms with E-state index in [1.165, 1.54) is 24.3 Å². The zero-order chi connectivity index (χ0) is 22.3. The second kappa shape index (κ2) is 10.4. The average molecular weight is 506 g/mol. The van der Waals surface area contributed by atoms with Crippen molar-refractivity contribution in [2.24, 2.45) is 4.99 Å². The molecule has 10 heteroatoms. The summed E-state index contributed by atoms with van der Waals surface area (Å²) in [6, 6.07) is 13.1. The topological polar surface area (TPSA) is 114 Å². The van der Waals surface area contributed by atoms with Crippen molar-refractivity contribution in [1.29, 1.82) is 0 Å². The third kappa shape index (κ3) is 7.04. The molecule has 8 nitrogen and oxygen atoms in total. The molecular formula is C21H20BrN3O5S. The van der Waals surface area contributed by atoms with E-state index in [4.69, 9.17) is 4.74 Å². The summed E-state index contributed by atoms with van der Waals surface area (Å²) in [5.41, 5.74) is 1.06. The van der Waals surface area contributed by atoms with E-state index < -0.39 is 28.5 Å². The Morgan fingerprint density at radius 3 is 2.71 bits per heavy atom. The van der Waals surface area contributed by atoms with Gasteiger partial charge in [0.05, 0.1) is 4.90 Å². The molecule has 0 radical (unpaired) electrons. The molecule has 0 saturated heterocycles. The van der Waals surface area contributed by atoms with Crippen molar-refractivity contribution >= 4 is 55.4 Å². The van der Waals surface area contributed by atoms with Gasteiger partial charge in [0.25, 0.3) is 15.9 Å². The predicted octanol–water partition coefficient (Wildman–Crippen LogP) is 3.11. The first kappa shape index (κ1) is 22.7. The van der Waals surface area contributed by atoms with Crippen LogP contribution in [-0.4, -0.2) is 39.3 Å². The Balaban J connectivity index is 1.53. The first-order valence-corrected chi connectivity index (χ1v) is 11.7. The number of ether oxygens (including phenoxy) is 1. The van der Waals surface area contributed by atoms with Crippen molar-refractivity contribution in [2.75, 3.05) is 18.5 Å². The molecule has 0 saturated carbocycles. The molecule has 0 atom stereocenters. The van der Waals surface area contributed by atoms with E-state index in [9.17, 15) is 18.0 Å². The number of anilines is 1. The van der Waals surface area contributed by atoms with Gasteiger partial charge in [0.15, 0.2) is 6.61 Å². The molecule has 0 bridgehead atoms. The standard InChI is InChI=1S/C21H20BrN3O5S/c22-16-5-1-4-15(12-16)9-10-21(27)30-14-20(26)24-17-6-2-7-18(13-17)31(28,29)25-19-8-3-11-23-19/h1-2,4-7,9-10,12-13H,3,8,11,14H2,(H,23,25)(H,24,26). The number of amides is 1. The number of benzene rings is 2. The van der Waals surface area contributed by atoms with E-state index in [1.807, 2.05) is 24.3 Å². The third-order valence-electron chi connectivity index (χ3n) is 4.16. The van der Waals surface area contributed by atoms with E-state index in [2.05, 4.69) is 31.0 Å². The fourth-order valence-electron chi connectivity index (χ4n) is 2.73. The average Bonchev–Trinajstić information content (AvgIpc) is 3.23. The van der Waals surface area contributed by atoms with Gasteiger partial charge in [-0.1, -0.05) is 34.1 Å². The van der Waals surface area contributed by atoms with Gasteiger partial charge in [0.2, 0.25) is 0 Å². The molecule has 0 aromatic heterocycles. The van der Waals surface area contributed by atoms with Gasteiger partial charge >= 0.3 is 5.97 Å². The van der Waals surface area contributed by atoms with Crippen LogP contribution in [0.1, 0.15) is 18.4 Å². The summed E-state index contributed by atoms with van der Waals surface area (Å²) in [7, 11) is -3.79. The van der Waals surface area contributed by atoms with Gasteiger partial charge in [-0.3, -0.25) is 14.5 Å². The molecule has 3 rings (SSSR count). The van der Waals surface area contributed by atoms with Crippen LogP contribution in [0.15, 0.2) is 69.0 Å². The molecule has 0 unspecified atom stereocenters. The van der Waals surface area contributed by atoms with Crippen LogP contribution in [0.3, 0.4) is 0 Å². The Morgan fingerprint density at radius 2 is 1.97 bits per heavy atom. The fraction of sp³-hybridized carbons (Fsp3) is 0.190. The Bertz CT molecular complexity index is 1150. The van der Waals surface area contributed by atoms with Crippen LogP contribution >= 0.6 is 15.9 Å². The highest BCUT2D eigenvalue weighted by Gasteiger charge is 2.19. The number of esters is 1. The number of amidine groups is 1. The minimum Gasteiger partial charge on any atom is -0.452 e. The summed E-state index contributed by atoms with van der Waals surface area (Å²) in [4.78, 5) is 28.0. The third-order valence-corrected chi connectivity index (χ3v) is 6.03. The number of nitrogens with zero attached hydrogens (tertiary/aromatic N) is 1. The number of rotatable bonds is 7. The number of halogens is 1. The number of carbonyl (C=O) groups excluding carboxylic acids is 2. The van der Waals surface area contributed by atoms with Crippen molar-refractivity contribution in [2.45, 2.75) is 17.7 Å². The molecule has 1 aliphatic heterocycles. The maximum Gasteiger partial charge on any atom is 0.331 e. The van der Waals surface area contributed by atoms with E-state index in [0.717, 1.165) is 16.5 Å². The lowest BCUT2D eigenvalue weighted by atomic mass is 10.2.